The molecule has 5 aromatic carbocycles. The zero-order valence-corrected chi connectivity index (χ0v) is 17.6. The molecule has 1 aliphatic rings. The fraction of sp³-hybridized carbons (Fsp3) is 0. The topological polar surface area (TPSA) is 4.93 Å². The molecule has 0 atom stereocenters. The van der Waals surface area contributed by atoms with Gasteiger partial charge in [0.25, 0.3) is 0 Å². The number of nitrogens with zero attached hydrogens (tertiary/aromatic N) is 1. The van der Waals surface area contributed by atoms with E-state index in [1.807, 2.05) is 0 Å². The number of rotatable bonds is 2. The molecular formula is C30H20BN. The van der Waals surface area contributed by atoms with Gasteiger partial charge in [0.15, 0.2) is 0 Å². The number of aromatic nitrogens is 1. The smallest absolute Gasteiger partial charge is 0.246 e. The average Bonchev–Trinajstić information content (AvgIpc) is 3.21. The molecule has 32 heavy (non-hydrogen) atoms. The Labute approximate surface area is 187 Å². The van der Waals surface area contributed by atoms with Gasteiger partial charge in [-0.05, 0) is 34.2 Å². The molecule has 0 spiro atoms. The fourth-order valence-electron chi connectivity index (χ4n) is 5.49. The fourth-order valence-corrected chi connectivity index (χ4v) is 5.49. The molecule has 0 aliphatic carbocycles. The quantitative estimate of drug-likeness (QED) is 0.345. The second kappa shape index (κ2) is 6.73. The Morgan fingerprint density at radius 3 is 2.06 bits per heavy atom. The zero-order chi connectivity index (χ0) is 21.1. The first-order valence-electron chi connectivity index (χ1n) is 11.2. The minimum absolute atomic E-state index is 0.219. The molecule has 0 saturated carbocycles. The van der Waals surface area contributed by atoms with Gasteiger partial charge in [-0.25, -0.2) is 0 Å². The Balaban J connectivity index is 1.63. The van der Waals surface area contributed by atoms with E-state index in [1.54, 1.807) is 0 Å². The van der Waals surface area contributed by atoms with Crippen molar-refractivity contribution < 1.29 is 0 Å². The van der Waals surface area contributed by atoms with Crippen molar-refractivity contribution in [2.75, 3.05) is 0 Å². The standard InChI is InChI=1S/C30H20BN/c1-3-10-21(11-4-1)22-18-19-26-29(20-22)32-28-17-8-7-14-24(28)25-15-9-16-27(30(25)32)31(26)23-12-5-2-6-13-23/h1-20H. The van der Waals surface area contributed by atoms with Crippen LogP contribution in [0.15, 0.2) is 121 Å². The summed E-state index contributed by atoms with van der Waals surface area (Å²) in [5, 5.41) is 2.64. The van der Waals surface area contributed by atoms with Crippen LogP contribution in [0.4, 0.5) is 0 Å². The molecule has 1 aliphatic heterocycles. The highest BCUT2D eigenvalue weighted by molar-refractivity contribution is 6.98. The maximum absolute atomic E-state index is 2.49. The molecule has 1 aromatic heterocycles. The molecule has 6 aromatic rings. The van der Waals surface area contributed by atoms with E-state index in [2.05, 4.69) is 126 Å². The van der Waals surface area contributed by atoms with Crippen LogP contribution in [0.1, 0.15) is 0 Å². The van der Waals surface area contributed by atoms with Gasteiger partial charge in [0.2, 0.25) is 6.71 Å². The minimum Gasteiger partial charge on any atom is -0.310 e. The van der Waals surface area contributed by atoms with Gasteiger partial charge in [-0.3, -0.25) is 0 Å². The lowest BCUT2D eigenvalue weighted by molar-refractivity contribution is 1.19. The Hall–Kier alpha value is -4.04. The van der Waals surface area contributed by atoms with Crippen molar-refractivity contribution in [3.8, 4) is 16.8 Å². The first kappa shape index (κ1) is 17.6. The average molecular weight is 405 g/mol. The predicted molar refractivity (Wildman–Crippen MR) is 137 cm³/mol. The largest absolute Gasteiger partial charge is 0.310 e. The van der Waals surface area contributed by atoms with Crippen LogP contribution in [0.2, 0.25) is 0 Å². The maximum Gasteiger partial charge on any atom is 0.246 e. The molecule has 0 bridgehead atoms. The molecule has 2 heteroatoms. The van der Waals surface area contributed by atoms with Crippen molar-refractivity contribution in [2.24, 2.45) is 0 Å². The van der Waals surface area contributed by atoms with E-state index >= 15 is 0 Å². The van der Waals surface area contributed by atoms with Crippen LogP contribution in [-0.2, 0) is 0 Å². The first-order valence-corrected chi connectivity index (χ1v) is 11.2. The second-order valence-electron chi connectivity index (χ2n) is 8.58. The minimum atomic E-state index is 0.219. The first-order chi connectivity index (χ1) is 15.9. The number of hydrogen-bond donors (Lipinski definition) is 0. The Bertz CT molecular complexity index is 1610. The van der Waals surface area contributed by atoms with E-state index < -0.39 is 0 Å². The summed E-state index contributed by atoms with van der Waals surface area (Å²) in [5.41, 5.74) is 10.5. The molecule has 148 valence electrons. The third-order valence-electron chi connectivity index (χ3n) is 6.86. The van der Waals surface area contributed by atoms with Gasteiger partial charge in [0.1, 0.15) is 0 Å². The van der Waals surface area contributed by atoms with Crippen LogP contribution in [0.5, 0.6) is 0 Å². The molecule has 0 N–H and O–H groups in total. The van der Waals surface area contributed by atoms with Gasteiger partial charge in [0, 0.05) is 22.0 Å². The Morgan fingerprint density at radius 1 is 0.500 bits per heavy atom. The van der Waals surface area contributed by atoms with Crippen molar-refractivity contribution in [2.45, 2.75) is 0 Å². The molecule has 2 heterocycles. The second-order valence-corrected chi connectivity index (χ2v) is 8.58. The summed E-state index contributed by atoms with van der Waals surface area (Å²) < 4.78 is 2.49. The van der Waals surface area contributed by atoms with Crippen molar-refractivity contribution in [1.29, 1.82) is 0 Å². The van der Waals surface area contributed by atoms with Crippen molar-refractivity contribution in [3.05, 3.63) is 121 Å². The summed E-state index contributed by atoms with van der Waals surface area (Å²) in [6.07, 6.45) is 0. The summed E-state index contributed by atoms with van der Waals surface area (Å²) >= 11 is 0. The lowest BCUT2D eigenvalue weighted by Crippen LogP contribution is -2.55. The summed E-state index contributed by atoms with van der Waals surface area (Å²) in [6.45, 7) is 0.219. The van der Waals surface area contributed by atoms with Crippen molar-refractivity contribution in [1.82, 2.24) is 4.57 Å². The number of hydrogen-bond acceptors (Lipinski definition) is 0. The lowest BCUT2D eigenvalue weighted by Gasteiger charge is -2.27. The monoisotopic (exact) mass is 405 g/mol. The molecule has 0 unspecified atom stereocenters. The van der Waals surface area contributed by atoms with E-state index in [1.165, 1.54) is 55.0 Å². The normalized spacial score (nSPS) is 12.3. The number of fused-ring (bicyclic) bond motifs is 5. The van der Waals surface area contributed by atoms with Gasteiger partial charge in [0.05, 0.1) is 5.52 Å². The van der Waals surface area contributed by atoms with Gasteiger partial charge < -0.3 is 4.57 Å². The SMILES string of the molecule is c1ccc(B2c3ccc(-c4ccccc4)cc3-n3c4ccccc4c4cccc2c43)cc1. The summed E-state index contributed by atoms with van der Waals surface area (Å²) in [7, 11) is 0. The number of benzene rings is 5. The molecular weight excluding hydrogens is 385 g/mol. The van der Waals surface area contributed by atoms with Crippen LogP contribution < -0.4 is 16.4 Å². The Morgan fingerprint density at radius 2 is 1.22 bits per heavy atom. The highest BCUT2D eigenvalue weighted by Gasteiger charge is 2.33. The molecule has 0 amide bonds. The molecule has 1 nitrogen and oxygen atoms in total. The van der Waals surface area contributed by atoms with E-state index in [0.717, 1.165) is 0 Å². The van der Waals surface area contributed by atoms with E-state index in [0.29, 0.717) is 0 Å². The molecule has 0 fully saturated rings. The highest BCUT2D eigenvalue weighted by Crippen LogP contribution is 2.34. The zero-order valence-electron chi connectivity index (χ0n) is 17.6. The van der Waals surface area contributed by atoms with Crippen LogP contribution in [-0.4, -0.2) is 11.3 Å². The van der Waals surface area contributed by atoms with Crippen molar-refractivity contribution in [3.63, 3.8) is 0 Å². The van der Waals surface area contributed by atoms with Crippen LogP contribution in [0.3, 0.4) is 0 Å². The van der Waals surface area contributed by atoms with Crippen molar-refractivity contribution >= 4 is 44.9 Å². The van der Waals surface area contributed by atoms with E-state index in [9.17, 15) is 0 Å². The molecule has 0 radical (unpaired) electrons. The van der Waals surface area contributed by atoms with Crippen LogP contribution >= 0.6 is 0 Å². The third-order valence-corrected chi connectivity index (χ3v) is 6.86. The van der Waals surface area contributed by atoms with Crippen LogP contribution in [0.25, 0.3) is 38.6 Å². The van der Waals surface area contributed by atoms with E-state index in [-0.39, 0.29) is 6.71 Å². The maximum atomic E-state index is 2.49. The van der Waals surface area contributed by atoms with Crippen LogP contribution in [0, 0.1) is 0 Å². The summed E-state index contributed by atoms with van der Waals surface area (Å²) in [6, 6.07) is 44.2. The lowest BCUT2D eigenvalue weighted by atomic mass is 9.35. The number of para-hydroxylation sites is 2. The predicted octanol–water partition coefficient (Wildman–Crippen LogP) is 5.28. The van der Waals surface area contributed by atoms with E-state index in [4.69, 9.17) is 0 Å². The van der Waals surface area contributed by atoms with Gasteiger partial charge in [-0.2, -0.15) is 0 Å². The third kappa shape index (κ3) is 2.41. The molecule has 0 saturated heterocycles. The van der Waals surface area contributed by atoms with Gasteiger partial charge in [-0.15, -0.1) is 0 Å². The highest BCUT2D eigenvalue weighted by atomic mass is 15.0. The van der Waals surface area contributed by atoms with Gasteiger partial charge in [-0.1, -0.05) is 115 Å². The van der Waals surface area contributed by atoms with Gasteiger partial charge >= 0.3 is 0 Å². The molecule has 7 rings (SSSR count). The summed E-state index contributed by atoms with van der Waals surface area (Å²) in [4.78, 5) is 0. The Kier molecular flexibility index (Phi) is 3.71. The summed E-state index contributed by atoms with van der Waals surface area (Å²) in [5.74, 6) is 0.